The fourth-order valence-corrected chi connectivity index (χ4v) is 1.93. The van der Waals surface area contributed by atoms with Crippen LogP contribution in [0.1, 0.15) is 26.3 Å². The van der Waals surface area contributed by atoms with Gasteiger partial charge in [0.15, 0.2) is 0 Å². The zero-order valence-electron chi connectivity index (χ0n) is 12.3. The number of likely N-dealkylation sites (N-methyl/N-ethyl adjacent to an activating group) is 1. The molecule has 0 bridgehead atoms. The van der Waals surface area contributed by atoms with Gasteiger partial charge in [0.1, 0.15) is 6.61 Å². The topological polar surface area (TPSA) is 29.5 Å². The molecule has 1 amide bonds. The smallest absolute Gasteiger partial charge is 0.248 e. The molecule has 19 heavy (non-hydrogen) atoms. The summed E-state index contributed by atoms with van der Waals surface area (Å²) in [7, 11) is 0. The minimum atomic E-state index is 0.0873. The first-order valence-corrected chi connectivity index (χ1v) is 7.03. The summed E-state index contributed by atoms with van der Waals surface area (Å²) in [6.07, 6.45) is 0.852. The summed E-state index contributed by atoms with van der Waals surface area (Å²) < 4.78 is 5.47. The van der Waals surface area contributed by atoms with Crippen LogP contribution in [0, 0.1) is 5.92 Å². The number of carbonyl (C=O) groups excluding carboxylic acids is 1. The molecule has 106 valence electrons. The molecule has 0 spiro atoms. The highest BCUT2D eigenvalue weighted by Gasteiger charge is 2.12. The summed E-state index contributed by atoms with van der Waals surface area (Å²) in [6.45, 7) is 8.57. The van der Waals surface area contributed by atoms with Crippen molar-refractivity contribution in [3.63, 3.8) is 0 Å². The highest BCUT2D eigenvalue weighted by molar-refractivity contribution is 5.77. The molecular formula is C16H25NO2. The fraction of sp³-hybridized carbons (Fsp3) is 0.562. The normalized spacial score (nSPS) is 10.7. The lowest BCUT2D eigenvalue weighted by atomic mass is 10.2. The minimum Gasteiger partial charge on any atom is -0.371 e. The van der Waals surface area contributed by atoms with Gasteiger partial charge in [0, 0.05) is 13.1 Å². The van der Waals surface area contributed by atoms with E-state index in [0.29, 0.717) is 12.5 Å². The molecule has 0 atom stereocenters. The Kier molecular flexibility index (Phi) is 7.19. The summed E-state index contributed by atoms with van der Waals surface area (Å²) >= 11 is 0. The summed E-state index contributed by atoms with van der Waals surface area (Å²) in [4.78, 5) is 13.8. The van der Waals surface area contributed by atoms with Crippen LogP contribution in [0.5, 0.6) is 0 Å². The van der Waals surface area contributed by atoms with Crippen LogP contribution in [0.2, 0.25) is 0 Å². The second-order valence-corrected chi connectivity index (χ2v) is 5.11. The number of carbonyl (C=O) groups is 1. The Morgan fingerprint density at radius 2 is 1.95 bits per heavy atom. The van der Waals surface area contributed by atoms with Gasteiger partial charge in [-0.1, -0.05) is 44.2 Å². The summed E-state index contributed by atoms with van der Waals surface area (Å²) in [5, 5.41) is 0. The van der Waals surface area contributed by atoms with Gasteiger partial charge in [-0.15, -0.1) is 0 Å². The maximum Gasteiger partial charge on any atom is 0.248 e. The predicted molar refractivity (Wildman–Crippen MR) is 78.1 cm³/mol. The third-order valence-electron chi connectivity index (χ3n) is 2.92. The van der Waals surface area contributed by atoms with Crippen molar-refractivity contribution >= 4 is 5.91 Å². The van der Waals surface area contributed by atoms with E-state index in [-0.39, 0.29) is 12.5 Å². The van der Waals surface area contributed by atoms with Gasteiger partial charge < -0.3 is 9.64 Å². The fourth-order valence-electron chi connectivity index (χ4n) is 1.93. The van der Waals surface area contributed by atoms with E-state index < -0.39 is 0 Å². The molecule has 1 rings (SSSR count). The number of nitrogens with zero attached hydrogens (tertiary/aromatic N) is 1. The SMILES string of the molecule is CCN(CC(C)C)C(=O)COCCc1ccccc1. The molecule has 0 N–H and O–H groups in total. The maximum absolute atomic E-state index is 11.9. The van der Waals surface area contributed by atoms with Gasteiger partial charge in [-0.05, 0) is 24.8 Å². The van der Waals surface area contributed by atoms with Gasteiger partial charge in [0.25, 0.3) is 0 Å². The van der Waals surface area contributed by atoms with Crippen molar-refractivity contribution in [1.29, 1.82) is 0 Å². The second-order valence-electron chi connectivity index (χ2n) is 5.11. The number of amides is 1. The molecule has 3 nitrogen and oxygen atoms in total. The molecule has 0 aliphatic carbocycles. The average molecular weight is 263 g/mol. The van der Waals surface area contributed by atoms with Crippen LogP contribution < -0.4 is 0 Å². The molecule has 0 saturated carbocycles. The van der Waals surface area contributed by atoms with Crippen molar-refractivity contribution in [1.82, 2.24) is 4.90 Å². The molecule has 0 aliphatic rings. The van der Waals surface area contributed by atoms with Crippen molar-refractivity contribution in [2.24, 2.45) is 5.92 Å². The molecule has 1 aromatic carbocycles. The highest BCUT2D eigenvalue weighted by atomic mass is 16.5. The molecule has 1 aromatic rings. The predicted octanol–water partition coefficient (Wildman–Crippen LogP) is 2.75. The highest BCUT2D eigenvalue weighted by Crippen LogP contribution is 2.01. The zero-order chi connectivity index (χ0) is 14.1. The molecule has 0 heterocycles. The van der Waals surface area contributed by atoms with Crippen LogP contribution in [-0.2, 0) is 16.0 Å². The molecule has 3 heteroatoms. The summed E-state index contributed by atoms with van der Waals surface area (Å²) in [5.74, 6) is 0.581. The van der Waals surface area contributed by atoms with Gasteiger partial charge in [-0.25, -0.2) is 0 Å². The van der Waals surface area contributed by atoms with E-state index in [9.17, 15) is 4.79 Å². The van der Waals surface area contributed by atoms with E-state index in [0.717, 1.165) is 19.5 Å². The van der Waals surface area contributed by atoms with Crippen LogP contribution in [0.25, 0.3) is 0 Å². The van der Waals surface area contributed by atoms with E-state index in [2.05, 4.69) is 26.0 Å². The lowest BCUT2D eigenvalue weighted by Crippen LogP contribution is -2.36. The van der Waals surface area contributed by atoms with Crippen molar-refractivity contribution in [2.45, 2.75) is 27.2 Å². The lowest BCUT2D eigenvalue weighted by molar-refractivity contribution is -0.136. The molecule has 0 aromatic heterocycles. The lowest BCUT2D eigenvalue weighted by Gasteiger charge is -2.22. The Hall–Kier alpha value is -1.35. The maximum atomic E-state index is 11.9. The number of benzene rings is 1. The molecule has 0 fully saturated rings. The quantitative estimate of drug-likeness (QED) is 0.675. The summed E-state index contributed by atoms with van der Waals surface area (Å²) in [5.41, 5.74) is 1.24. The second kappa shape index (κ2) is 8.70. The first-order chi connectivity index (χ1) is 9.13. The number of hydrogen-bond acceptors (Lipinski definition) is 2. The zero-order valence-corrected chi connectivity index (χ0v) is 12.3. The van der Waals surface area contributed by atoms with E-state index in [4.69, 9.17) is 4.74 Å². The average Bonchev–Trinajstić information content (AvgIpc) is 2.41. The Balaban J connectivity index is 2.22. The van der Waals surface area contributed by atoms with Crippen molar-refractivity contribution < 1.29 is 9.53 Å². The molecule has 0 unspecified atom stereocenters. The largest absolute Gasteiger partial charge is 0.371 e. The van der Waals surface area contributed by atoms with Crippen LogP contribution in [-0.4, -0.2) is 37.1 Å². The van der Waals surface area contributed by atoms with Crippen LogP contribution in [0.3, 0.4) is 0 Å². The van der Waals surface area contributed by atoms with Crippen molar-refractivity contribution in [3.05, 3.63) is 35.9 Å². The Bertz CT molecular complexity index is 362. The standard InChI is InChI=1S/C16H25NO2/c1-4-17(12-14(2)3)16(18)13-19-11-10-15-8-6-5-7-9-15/h5-9,14H,4,10-13H2,1-3H3. The Morgan fingerprint density at radius 3 is 2.53 bits per heavy atom. The van der Waals surface area contributed by atoms with Gasteiger partial charge in [0.05, 0.1) is 6.61 Å². The number of rotatable bonds is 8. The van der Waals surface area contributed by atoms with E-state index in [1.165, 1.54) is 5.56 Å². The van der Waals surface area contributed by atoms with Crippen LogP contribution in [0.4, 0.5) is 0 Å². The van der Waals surface area contributed by atoms with Gasteiger partial charge in [-0.2, -0.15) is 0 Å². The number of ether oxygens (including phenoxy) is 1. The monoisotopic (exact) mass is 263 g/mol. The van der Waals surface area contributed by atoms with Gasteiger partial charge >= 0.3 is 0 Å². The van der Waals surface area contributed by atoms with Crippen LogP contribution in [0.15, 0.2) is 30.3 Å². The third-order valence-corrected chi connectivity index (χ3v) is 2.92. The molecule has 0 radical (unpaired) electrons. The van der Waals surface area contributed by atoms with Crippen LogP contribution >= 0.6 is 0 Å². The van der Waals surface area contributed by atoms with Gasteiger partial charge in [-0.3, -0.25) is 4.79 Å². The minimum absolute atomic E-state index is 0.0873. The molecule has 0 saturated heterocycles. The Morgan fingerprint density at radius 1 is 1.26 bits per heavy atom. The third kappa shape index (κ3) is 6.39. The van der Waals surface area contributed by atoms with E-state index >= 15 is 0 Å². The number of hydrogen-bond donors (Lipinski definition) is 0. The molecular weight excluding hydrogens is 238 g/mol. The van der Waals surface area contributed by atoms with Crippen molar-refractivity contribution in [3.8, 4) is 0 Å². The first-order valence-electron chi connectivity index (χ1n) is 7.03. The molecule has 0 aliphatic heterocycles. The Labute approximate surface area is 116 Å². The summed E-state index contributed by atoms with van der Waals surface area (Å²) in [6, 6.07) is 10.2. The van der Waals surface area contributed by atoms with Crippen molar-refractivity contribution in [2.75, 3.05) is 26.3 Å². The van der Waals surface area contributed by atoms with E-state index in [1.807, 2.05) is 30.0 Å². The first kappa shape index (κ1) is 15.7. The van der Waals surface area contributed by atoms with E-state index in [1.54, 1.807) is 0 Å². The van der Waals surface area contributed by atoms with Gasteiger partial charge in [0.2, 0.25) is 5.91 Å².